The van der Waals surface area contributed by atoms with Gasteiger partial charge in [-0.05, 0) is 86.4 Å². The molecule has 6 aliphatic rings. The van der Waals surface area contributed by atoms with E-state index in [0.717, 1.165) is 32.1 Å². The van der Waals surface area contributed by atoms with Crippen molar-refractivity contribution in [3.8, 4) is 0 Å². The summed E-state index contributed by atoms with van der Waals surface area (Å²) in [5.41, 5.74) is -3.94. The third-order valence-corrected chi connectivity index (χ3v) is 14.0. The zero-order chi connectivity index (χ0) is 26.3. The smallest absolute Gasteiger partial charge is 0.309 e. The standard InChI is InChI=1S/C30H46O6/c1-24(2)18-13-21-28(6)22(27(18,5)8-7-20(24)32)17(31)14-30(35)19-15-26(4,23(33)34)10-9-25(19,3)11-12-29(28,30)16-36-21/h18-22,32,35H,7-16H2,1-6H3,(H,33,34)/t18-,19+,20-,21+,22+,25+,26-,27-,28+,29+,30-/m0/s1. The summed E-state index contributed by atoms with van der Waals surface area (Å²) >= 11 is 0. The van der Waals surface area contributed by atoms with Gasteiger partial charge in [0.2, 0.25) is 0 Å². The van der Waals surface area contributed by atoms with Gasteiger partial charge in [0, 0.05) is 23.2 Å². The Bertz CT molecular complexity index is 1020. The van der Waals surface area contributed by atoms with Crippen LogP contribution in [-0.4, -0.2) is 51.5 Å². The largest absolute Gasteiger partial charge is 0.481 e. The lowest BCUT2D eigenvalue weighted by atomic mass is 9.30. The summed E-state index contributed by atoms with van der Waals surface area (Å²) in [6.45, 7) is 13.3. The first-order valence-electron chi connectivity index (χ1n) is 14.3. The van der Waals surface area contributed by atoms with Gasteiger partial charge in [-0.25, -0.2) is 0 Å². The van der Waals surface area contributed by atoms with Gasteiger partial charge in [-0.1, -0.05) is 34.6 Å². The van der Waals surface area contributed by atoms with E-state index in [1.807, 2.05) is 6.92 Å². The van der Waals surface area contributed by atoms with Crippen LogP contribution < -0.4 is 0 Å². The fourth-order valence-corrected chi connectivity index (χ4v) is 11.7. The maximum atomic E-state index is 14.4. The second-order valence-corrected chi connectivity index (χ2v) is 15.6. The second kappa shape index (κ2) is 6.96. The molecule has 5 aliphatic carbocycles. The van der Waals surface area contributed by atoms with Crippen molar-refractivity contribution < 1.29 is 29.6 Å². The van der Waals surface area contributed by atoms with Crippen molar-refractivity contribution in [2.75, 3.05) is 6.61 Å². The monoisotopic (exact) mass is 502 g/mol. The maximum Gasteiger partial charge on any atom is 0.309 e. The minimum absolute atomic E-state index is 0.102. The average molecular weight is 503 g/mol. The molecule has 5 saturated carbocycles. The minimum Gasteiger partial charge on any atom is -0.481 e. The third-order valence-electron chi connectivity index (χ3n) is 14.0. The van der Waals surface area contributed by atoms with Crippen molar-refractivity contribution in [2.45, 2.75) is 117 Å². The predicted molar refractivity (Wildman–Crippen MR) is 134 cm³/mol. The molecule has 0 unspecified atom stereocenters. The third kappa shape index (κ3) is 2.56. The van der Waals surface area contributed by atoms with Crippen molar-refractivity contribution in [2.24, 2.45) is 50.2 Å². The maximum absolute atomic E-state index is 14.4. The number of Topliss-reactive ketones (excluding diaryl/α,β-unsaturated/α-hetero) is 1. The highest BCUT2D eigenvalue weighted by Crippen LogP contribution is 2.79. The molecule has 3 N–H and O–H groups in total. The first-order chi connectivity index (χ1) is 16.5. The van der Waals surface area contributed by atoms with Crippen LogP contribution in [0.25, 0.3) is 0 Å². The van der Waals surface area contributed by atoms with Crippen LogP contribution in [0.15, 0.2) is 0 Å². The summed E-state index contributed by atoms with van der Waals surface area (Å²) in [4.78, 5) is 26.8. The highest BCUT2D eigenvalue weighted by atomic mass is 16.5. The summed E-state index contributed by atoms with van der Waals surface area (Å²) in [6, 6.07) is 0. The molecule has 6 rings (SSSR count). The average Bonchev–Trinajstić information content (AvgIpc) is 3.07. The fourth-order valence-electron chi connectivity index (χ4n) is 11.7. The second-order valence-electron chi connectivity index (χ2n) is 15.6. The Balaban J connectivity index is 1.50. The number of aliphatic carboxylic acids is 1. The van der Waals surface area contributed by atoms with Crippen LogP contribution in [0, 0.1) is 50.2 Å². The molecular weight excluding hydrogens is 456 g/mol. The van der Waals surface area contributed by atoms with Crippen LogP contribution in [0.4, 0.5) is 0 Å². The number of carboxylic acids is 1. The molecular formula is C30H46O6. The Morgan fingerprint density at radius 2 is 1.64 bits per heavy atom. The van der Waals surface area contributed by atoms with E-state index in [4.69, 9.17) is 4.74 Å². The van der Waals surface area contributed by atoms with E-state index in [1.54, 1.807) is 0 Å². The van der Waals surface area contributed by atoms with Gasteiger partial charge in [0.25, 0.3) is 0 Å². The van der Waals surface area contributed by atoms with E-state index in [2.05, 4.69) is 34.6 Å². The number of carbonyl (C=O) groups is 2. The number of ketones is 1. The number of hydrogen-bond donors (Lipinski definition) is 3. The van der Waals surface area contributed by atoms with E-state index < -0.39 is 33.9 Å². The van der Waals surface area contributed by atoms with Gasteiger partial charge in [-0.2, -0.15) is 0 Å². The highest BCUT2D eigenvalue weighted by Gasteiger charge is 2.82. The van der Waals surface area contributed by atoms with E-state index in [9.17, 15) is 24.9 Å². The Labute approximate surface area is 215 Å². The SMILES string of the molecule is CC1(C)[C@@H](O)CC[C@]2(C)[C@H]3C(=O)C[C@]4(O)[C@@H]5C[C@@](C)(C(=O)O)CC[C@]5(C)CC[C@]45CO[C@H](C[C@@H]12)[C@]35C. The number of carboxylic acid groups (broad SMARTS) is 1. The van der Waals surface area contributed by atoms with Crippen molar-refractivity contribution in [1.82, 2.24) is 0 Å². The fraction of sp³-hybridized carbons (Fsp3) is 0.933. The van der Waals surface area contributed by atoms with Crippen LogP contribution in [0.1, 0.15) is 99.3 Å². The molecule has 11 atom stereocenters. The molecule has 0 amide bonds. The van der Waals surface area contributed by atoms with Crippen molar-refractivity contribution in [3.63, 3.8) is 0 Å². The summed E-state index contributed by atoms with van der Waals surface area (Å²) < 4.78 is 6.67. The molecule has 6 nitrogen and oxygen atoms in total. The number of rotatable bonds is 1. The van der Waals surface area contributed by atoms with Gasteiger partial charge < -0.3 is 20.1 Å². The van der Waals surface area contributed by atoms with Gasteiger partial charge in [0.15, 0.2) is 0 Å². The van der Waals surface area contributed by atoms with Gasteiger partial charge in [0.1, 0.15) is 5.78 Å². The van der Waals surface area contributed by atoms with Crippen LogP contribution in [-0.2, 0) is 14.3 Å². The Kier molecular flexibility index (Phi) is 4.89. The molecule has 0 bridgehead atoms. The normalized spacial score (nSPS) is 59.3. The van der Waals surface area contributed by atoms with Crippen molar-refractivity contribution >= 4 is 11.8 Å². The molecule has 0 radical (unpaired) electrons. The van der Waals surface area contributed by atoms with Crippen LogP contribution in [0.2, 0.25) is 0 Å². The summed E-state index contributed by atoms with van der Waals surface area (Å²) in [5.74, 6) is -0.955. The number of carbonyl (C=O) groups excluding carboxylic acids is 1. The minimum atomic E-state index is -1.26. The predicted octanol–water partition coefficient (Wildman–Crippen LogP) is 4.60. The molecule has 1 saturated heterocycles. The van der Waals surface area contributed by atoms with Gasteiger partial charge >= 0.3 is 5.97 Å². The molecule has 1 aliphatic heterocycles. The lowest BCUT2D eigenvalue weighted by Crippen LogP contribution is -2.77. The van der Waals surface area contributed by atoms with E-state index in [0.29, 0.717) is 25.9 Å². The molecule has 6 fully saturated rings. The molecule has 6 heteroatoms. The number of fused-ring (bicyclic) bond motifs is 4. The van der Waals surface area contributed by atoms with Crippen LogP contribution >= 0.6 is 0 Å². The Morgan fingerprint density at radius 3 is 2.31 bits per heavy atom. The summed E-state index contributed by atoms with van der Waals surface area (Å²) in [5, 5.41) is 34.0. The number of hydrogen-bond acceptors (Lipinski definition) is 5. The molecule has 0 aromatic rings. The number of ether oxygens (including phenoxy) is 1. The zero-order valence-corrected chi connectivity index (χ0v) is 23.0. The number of aliphatic hydroxyl groups is 2. The van der Waals surface area contributed by atoms with Gasteiger partial charge in [-0.15, -0.1) is 0 Å². The molecule has 0 aromatic carbocycles. The number of aliphatic hydroxyl groups excluding tert-OH is 1. The first-order valence-corrected chi connectivity index (χ1v) is 14.3. The molecule has 36 heavy (non-hydrogen) atoms. The molecule has 202 valence electrons. The summed E-state index contributed by atoms with van der Waals surface area (Å²) in [6.07, 6.45) is 5.43. The van der Waals surface area contributed by atoms with E-state index >= 15 is 0 Å². The van der Waals surface area contributed by atoms with E-state index in [1.165, 1.54) is 0 Å². The van der Waals surface area contributed by atoms with Gasteiger partial charge in [-0.3, -0.25) is 9.59 Å². The molecule has 1 heterocycles. The highest BCUT2D eigenvalue weighted by molar-refractivity contribution is 5.86. The molecule has 1 spiro atoms. The lowest BCUT2D eigenvalue weighted by Gasteiger charge is -2.73. The Hall–Kier alpha value is -0.980. The molecule has 0 aromatic heterocycles. The first kappa shape index (κ1) is 25.3. The van der Waals surface area contributed by atoms with Crippen molar-refractivity contribution in [3.05, 3.63) is 0 Å². The Morgan fingerprint density at radius 1 is 0.972 bits per heavy atom. The van der Waals surface area contributed by atoms with Gasteiger partial charge in [0.05, 0.1) is 29.8 Å². The van der Waals surface area contributed by atoms with E-state index in [-0.39, 0.29) is 52.3 Å². The zero-order valence-electron chi connectivity index (χ0n) is 23.0. The lowest BCUT2D eigenvalue weighted by molar-refractivity contribution is -0.291. The topological polar surface area (TPSA) is 104 Å². The van der Waals surface area contributed by atoms with Crippen molar-refractivity contribution in [1.29, 1.82) is 0 Å². The van der Waals surface area contributed by atoms with Crippen LogP contribution in [0.5, 0.6) is 0 Å². The summed E-state index contributed by atoms with van der Waals surface area (Å²) in [7, 11) is 0. The quantitative estimate of drug-likeness (QED) is 0.484. The van der Waals surface area contributed by atoms with Crippen LogP contribution in [0.3, 0.4) is 0 Å².